The number of benzene rings is 1. The Kier molecular flexibility index (Phi) is 4.00. The van der Waals surface area contributed by atoms with Crippen LogP contribution in [-0.2, 0) is 6.54 Å². The van der Waals surface area contributed by atoms with Crippen molar-refractivity contribution in [3.63, 3.8) is 0 Å². The van der Waals surface area contributed by atoms with Crippen molar-refractivity contribution >= 4 is 5.69 Å². The lowest BCUT2D eigenvalue weighted by Gasteiger charge is -2.09. The topological polar surface area (TPSA) is 68.8 Å². The summed E-state index contributed by atoms with van der Waals surface area (Å²) in [5, 5.41) is 7.76. The molecule has 0 aliphatic rings. The molecule has 0 radical (unpaired) electrons. The number of aryl methyl sites for hydroxylation is 1. The minimum atomic E-state index is 0.652. The Labute approximate surface area is 145 Å². The molecule has 3 heterocycles. The Morgan fingerprint density at radius 1 is 1.04 bits per heavy atom. The maximum Gasteiger partial charge on any atom is 0.191 e. The van der Waals surface area contributed by atoms with Crippen molar-refractivity contribution in [1.29, 1.82) is 0 Å². The number of nitrogens with one attached hydrogen (secondary N) is 1. The van der Waals surface area contributed by atoms with Gasteiger partial charge in [-0.2, -0.15) is 5.10 Å². The number of hydrogen-bond acceptors (Lipinski definition) is 5. The van der Waals surface area contributed by atoms with Crippen LogP contribution in [0.4, 0.5) is 5.69 Å². The minimum Gasteiger partial charge on any atom is -0.449 e. The number of hydrogen-bond donors (Lipinski definition) is 1. The molecule has 0 saturated heterocycles. The van der Waals surface area contributed by atoms with Crippen LogP contribution in [0.15, 0.2) is 71.6 Å². The first-order chi connectivity index (χ1) is 12.3. The summed E-state index contributed by atoms with van der Waals surface area (Å²) < 4.78 is 7.09. The van der Waals surface area contributed by atoms with Gasteiger partial charge in [0.1, 0.15) is 12.0 Å². The number of pyridine rings is 1. The molecule has 0 saturated carbocycles. The second-order valence-corrected chi connectivity index (χ2v) is 5.60. The first-order valence-electron chi connectivity index (χ1n) is 8.00. The van der Waals surface area contributed by atoms with Gasteiger partial charge in [-0.1, -0.05) is 18.2 Å². The lowest BCUT2D eigenvalue weighted by Crippen LogP contribution is -2.08. The Bertz CT molecular complexity index is 957. The van der Waals surface area contributed by atoms with Crippen LogP contribution in [0.1, 0.15) is 11.6 Å². The van der Waals surface area contributed by atoms with Gasteiger partial charge in [0.15, 0.2) is 11.7 Å². The Balaban J connectivity index is 1.47. The molecule has 4 aromatic rings. The number of rotatable bonds is 5. The van der Waals surface area contributed by atoms with Gasteiger partial charge in [0.25, 0.3) is 0 Å². The molecule has 4 rings (SSSR count). The summed E-state index contributed by atoms with van der Waals surface area (Å²) in [7, 11) is 0. The van der Waals surface area contributed by atoms with Crippen molar-refractivity contribution < 1.29 is 4.42 Å². The number of nitrogens with zero attached hydrogens (tertiary/aromatic N) is 4. The maximum absolute atomic E-state index is 5.26. The fourth-order valence-corrected chi connectivity index (χ4v) is 2.60. The third-order valence-corrected chi connectivity index (χ3v) is 3.86. The van der Waals surface area contributed by atoms with Crippen LogP contribution in [-0.4, -0.2) is 19.7 Å². The Morgan fingerprint density at radius 2 is 1.92 bits per heavy atom. The zero-order valence-corrected chi connectivity index (χ0v) is 13.8. The average Bonchev–Trinajstić information content (AvgIpc) is 3.30. The quantitative estimate of drug-likeness (QED) is 0.602. The minimum absolute atomic E-state index is 0.652. The van der Waals surface area contributed by atoms with Crippen molar-refractivity contribution in [2.75, 3.05) is 5.32 Å². The maximum atomic E-state index is 5.26. The van der Waals surface area contributed by atoms with Crippen molar-refractivity contribution in [2.45, 2.75) is 13.5 Å². The molecule has 124 valence electrons. The predicted molar refractivity (Wildman–Crippen MR) is 95.4 cm³/mol. The smallest absolute Gasteiger partial charge is 0.191 e. The van der Waals surface area contributed by atoms with Crippen molar-refractivity contribution in [2.24, 2.45) is 0 Å². The molecule has 0 amide bonds. The Morgan fingerprint density at radius 3 is 2.64 bits per heavy atom. The van der Waals surface area contributed by atoms with Gasteiger partial charge in [0.2, 0.25) is 0 Å². The highest BCUT2D eigenvalue weighted by Crippen LogP contribution is 2.21. The lowest BCUT2D eigenvalue weighted by molar-refractivity contribution is 0.521. The molecule has 1 aromatic carbocycles. The SMILES string of the molecule is Cc1nc(-c2ccc(NCc3ccnn3-c3ccccn3)cc2)co1. The van der Waals surface area contributed by atoms with Crippen LogP contribution in [0.25, 0.3) is 17.1 Å². The number of aromatic nitrogens is 4. The van der Waals surface area contributed by atoms with Gasteiger partial charge in [-0.3, -0.25) is 0 Å². The first kappa shape index (κ1) is 15.1. The normalized spacial score (nSPS) is 10.8. The first-order valence-corrected chi connectivity index (χ1v) is 8.00. The van der Waals surface area contributed by atoms with E-state index in [1.54, 1.807) is 18.7 Å². The number of oxazole rings is 1. The summed E-state index contributed by atoms with van der Waals surface area (Å²) in [5.74, 6) is 1.47. The van der Waals surface area contributed by atoms with E-state index in [0.717, 1.165) is 28.5 Å². The van der Waals surface area contributed by atoms with Crippen molar-refractivity contribution in [3.8, 4) is 17.1 Å². The zero-order chi connectivity index (χ0) is 17.1. The molecule has 25 heavy (non-hydrogen) atoms. The van der Waals surface area contributed by atoms with Crippen LogP contribution in [0.2, 0.25) is 0 Å². The van der Waals surface area contributed by atoms with Gasteiger partial charge in [0.05, 0.1) is 12.2 Å². The standard InChI is InChI=1S/C19H17N5O/c1-14-23-18(13-25-14)15-5-7-16(8-6-15)21-12-17-9-11-22-24(17)19-4-2-3-10-20-19/h2-11,13,21H,12H2,1H3. The summed E-state index contributed by atoms with van der Waals surface area (Å²) in [6, 6.07) is 15.9. The molecule has 0 spiro atoms. The second kappa shape index (κ2) is 6.60. The van der Waals surface area contributed by atoms with E-state index >= 15 is 0 Å². The van der Waals surface area contributed by atoms with E-state index in [1.165, 1.54) is 0 Å². The third kappa shape index (κ3) is 3.28. The van der Waals surface area contributed by atoms with Gasteiger partial charge >= 0.3 is 0 Å². The van der Waals surface area contributed by atoms with Gasteiger partial charge < -0.3 is 9.73 Å². The highest BCUT2D eigenvalue weighted by atomic mass is 16.3. The number of anilines is 1. The van der Waals surface area contributed by atoms with Gasteiger partial charge in [-0.15, -0.1) is 0 Å². The van der Waals surface area contributed by atoms with Crippen molar-refractivity contribution in [1.82, 2.24) is 19.7 Å². The molecule has 0 aliphatic heterocycles. The summed E-state index contributed by atoms with van der Waals surface area (Å²) >= 11 is 0. The van der Waals surface area contributed by atoms with E-state index in [4.69, 9.17) is 4.42 Å². The summed E-state index contributed by atoms with van der Waals surface area (Å²) in [6.07, 6.45) is 5.21. The monoisotopic (exact) mass is 331 g/mol. The van der Waals surface area contributed by atoms with Gasteiger partial charge in [-0.25, -0.2) is 14.6 Å². The molecular formula is C19H17N5O. The molecule has 1 N–H and O–H groups in total. The lowest BCUT2D eigenvalue weighted by atomic mass is 10.1. The van der Waals surface area contributed by atoms with E-state index < -0.39 is 0 Å². The molecule has 0 aliphatic carbocycles. The molecule has 0 fully saturated rings. The van der Waals surface area contributed by atoms with Crippen LogP contribution < -0.4 is 5.32 Å². The summed E-state index contributed by atoms with van der Waals surface area (Å²) in [6.45, 7) is 2.49. The fourth-order valence-electron chi connectivity index (χ4n) is 2.60. The molecule has 0 atom stereocenters. The highest BCUT2D eigenvalue weighted by Gasteiger charge is 2.06. The second-order valence-electron chi connectivity index (χ2n) is 5.60. The third-order valence-electron chi connectivity index (χ3n) is 3.86. The summed E-state index contributed by atoms with van der Waals surface area (Å²) in [4.78, 5) is 8.68. The average molecular weight is 331 g/mol. The predicted octanol–water partition coefficient (Wildman–Crippen LogP) is 3.84. The van der Waals surface area contributed by atoms with Crippen molar-refractivity contribution in [3.05, 3.63) is 78.8 Å². The van der Waals surface area contributed by atoms with E-state index in [2.05, 4.69) is 20.4 Å². The molecular weight excluding hydrogens is 314 g/mol. The largest absolute Gasteiger partial charge is 0.449 e. The molecule has 0 bridgehead atoms. The highest BCUT2D eigenvalue weighted by molar-refractivity contribution is 5.61. The van der Waals surface area contributed by atoms with Crippen LogP contribution in [0.3, 0.4) is 0 Å². The Hall–Kier alpha value is -3.41. The van der Waals surface area contributed by atoms with E-state index in [0.29, 0.717) is 12.4 Å². The summed E-state index contributed by atoms with van der Waals surface area (Å²) in [5.41, 5.74) is 3.94. The fraction of sp³-hybridized carbons (Fsp3) is 0.105. The van der Waals surface area contributed by atoms with E-state index in [9.17, 15) is 0 Å². The van der Waals surface area contributed by atoms with E-state index in [1.807, 2.05) is 60.1 Å². The van der Waals surface area contributed by atoms with Crippen LogP contribution >= 0.6 is 0 Å². The molecule has 6 nitrogen and oxygen atoms in total. The van der Waals surface area contributed by atoms with Gasteiger partial charge in [0, 0.05) is 30.6 Å². The van der Waals surface area contributed by atoms with E-state index in [-0.39, 0.29) is 0 Å². The molecule has 6 heteroatoms. The van der Waals surface area contributed by atoms with Gasteiger partial charge in [-0.05, 0) is 30.3 Å². The van der Waals surface area contributed by atoms with Crippen LogP contribution in [0.5, 0.6) is 0 Å². The zero-order valence-electron chi connectivity index (χ0n) is 13.8. The molecule has 0 unspecified atom stereocenters. The van der Waals surface area contributed by atoms with Crippen LogP contribution in [0, 0.1) is 6.92 Å². The molecule has 3 aromatic heterocycles.